The first-order valence-corrected chi connectivity index (χ1v) is 4.85. The summed E-state index contributed by atoms with van der Waals surface area (Å²) in [6.07, 6.45) is 0. The third-order valence-electron chi connectivity index (χ3n) is 2.22. The van der Waals surface area contributed by atoms with E-state index in [1.807, 2.05) is 0 Å². The number of fused-ring (bicyclic) bond motifs is 1. The van der Waals surface area contributed by atoms with Gasteiger partial charge in [-0.15, -0.1) is 0 Å². The topological polar surface area (TPSA) is 92.2 Å². The van der Waals surface area contributed by atoms with E-state index >= 15 is 0 Å². The van der Waals surface area contributed by atoms with Gasteiger partial charge < -0.3 is 10.4 Å². The van der Waals surface area contributed by atoms with Crippen LogP contribution in [0.2, 0.25) is 0 Å². The van der Waals surface area contributed by atoms with Gasteiger partial charge in [0.1, 0.15) is 0 Å². The molecule has 86 valence electrons. The first-order chi connectivity index (χ1) is 8.13. The van der Waals surface area contributed by atoms with E-state index in [1.54, 1.807) is 24.3 Å². The van der Waals surface area contributed by atoms with Crippen LogP contribution in [-0.2, 0) is 0 Å². The van der Waals surface area contributed by atoms with Crippen LogP contribution >= 0.6 is 0 Å². The van der Waals surface area contributed by atoms with Crippen LogP contribution in [0.15, 0.2) is 24.3 Å². The molecule has 0 aliphatic rings. The predicted octanol–water partition coefficient (Wildman–Crippen LogP) is 0.688. The first-order valence-electron chi connectivity index (χ1n) is 4.85. The van der Waals surface area contributed by atoms with Gasteiger partial charge in [0.25, 0.3) is 5.91 Å². The summed E-state index contributed by atoms with van der Waals surface area (Å²) in [5.41, 5.74) is 0.399. The number of benzene rings is 1. The molecule has 2 aromatic rings. The summed E-state index contributed by atoms with van der Waals surface area (Å²) in [7, 11) is 1.41. The Hall–Kier alpha value is -2.50. The van der Waals surface area contributed by atoms with Gasteiger partial charge in [-0.25, -0.2) is 14.8 Å². The molecule has 0 aliphatic heterocycles. The Morgan fingerprint density at radius 3 is 2.12 bits per heavy atom. The van der Waals surface area contributed by atoms with Crippen molar-refractivity contribution in [2.75, 3.05) is 7.05 Å². The standard InChI is InChI=1S/C11H9N3O3/c1-12-10(15)8-9(11(16)17)14-7-5-3-2-4-6(7)13-8/h2-5H,1H3,(H,12,15)(H,16,17). The number of aromatic nitrogens is 2. The number of carboxylic acids is 1. The van der Waals surface area contributed by atoms with E-state index in [0.717, 1.165) is 0 Å². The Kier molecular flexibility index (Phi) is 2.70. The van der Waals surface area contributed by atoms with E-state index in [-0.39, 0.29) is 11.4 Å². The highest BCUT2D eigenvalue weighted by atomic mass is 16.4. The number of carbonyl (C=O) groups is 2. The number of nitrogens with zero attached hydrogens (tertiary/aromatic N) is 2. The highest BCUT2D eigenvalue weighted by Crippen LogP contribution is 2.12. The smallest absolute Gasteiger partial charge is 0.357 e. The van der Waals surface area contributed by atoms with Gasteiger partial charge in [-0.05, 0) is 12.1 Å². The van der Waals surface area contributed by atoms with Crippen LogP contribution in [0, 0.1) is 0 Å². The fourth-order valence-corrected chi connectivity index (χ4v) is 1.43. The maximum absolute atomic E-state index is 11.5. The molecule has 0 radical (unpaired) electrons. The van der Waals surface area contributed by atoms with Crippen LogP contribution in [0.3, 0.4) is 0 Å². The van der Waals surface area contributed by atoms with Crippen molar-refractivity contribution in [1.82, 2.24) is 15.3 Å². The van der Waals surface area contributed by atoms with Crippen molar-refractivity contribution < 1.29 is 14.7 Å². The molecule has 1 amide bonds. The van der Waals surface area contributed by atoms with Crippen molar-refractivity contribution in [2.45, 2.75) is 0 Å². The van der Waals surface area contributed by atoms with Crippen LogP contribution in [0.5, 0.6) is 0 Å². The van der Waals surface area contributed by atoms with Crippen molar-refractivity contribution in [2.24, 2.45) is 0 Å². The van der Waals surface area contributed by atoms with Gasteiger partial charge in [-0.1, -0.05) is 12.1 Å². The fourth-order valence-electron chi connectivity index (χ4n) is 1.43. The minimum absolute atomic E-state index is 0.182. The second kappa shape index (κ2) is 4.17. The zero-order valence-corrected chi connectivity index (χ0v) is 8.97. The number of hydrogen-bond acceptors (Lipinski definition) is 4. The Balaban J connectivity index is 2.75. The summed E-state index contributed by atoms with van der Waals surface area (Å²) in [6.45, 7) is 0. The average molecular weight is 231 g/mol. The maximum Gasteiger partial charge on any atom is 0.357 e. The summed E-state index contributed by atoms with van der Waals surface area (Å²) in [6, 6.07) is 6.77. The van der Waals surface area contributed by atoms with E-state index in [1.165, 1.54) is 7.05 Å². The van der Waals surface area contributed by atoms with Crippen molar-refractivity contribution in [1.29, 1.82) is 0 Å². The molecular formula is C11H9N3O3. The lowest BCUT2D eigenvalue weighted by atomic mass is 10.2. The number of carbonyl (C=O) groups excluding carboxylic acids is 1. The van der Waals surface area contributed by atoms with Crippen LogP contribution in [0.4, 0.5) is 0 Å². The molecule has 0 saturated carbocycles. The minimum atomic E-state index is -1.28. The highest BCUT2D eigenvalue weighted by Gasteiger charge is 2.20. The van der Waals surface area contributed by atoms with Gasteiger partial charge in [-0.2, -0.15) is 0 Å². The van der Waals surface area contributed by atoms with Gasteiger partial charge >= 0.3 is 5.97 Å². The molecule has 0 aliphatic carbocycles. The first kappa shape index (κ1) is 11.0. The van der Waals surface area contributed by atoms with E-state index in [9.17, 15) is 9.59 Å². The highest BCUT2D eigenvalue weighted by molar-refractivity contribution is 6.03. The molecule has 2 N–H and O–H groups in total. The molecule has 1 aromatic heterocycles. The van der Waals surface area contributed by atoms with E-state index < -0.39 is 11.9 Å². The Labute approximate surface area is 96.3 Å². The molecule has 0 atom stereocenters. The predicted molar refractivity (Wildman–Crippen MR) is 59.9 cm³/mol. The van der Waals surface area contributed by atoms with Crippen LogP contribution in [0.25, 0.3) is 11.0 Å². The second-order valence-corrected chi connectivity index (χ2v) is 3.29. The lowest BCUT2D eigenvalue weighted by Gasteiger charge is -2.05. The van der Waals surface area contributed by atoms with Gasteiger partial charge in [0.05, 0.1) is 11.0 Å². The molecule has 0 fully saturated rings. The van der Waals surface area contributed by atoms with Crippen LogP contribution in [0.1, 0.15) is 21.0 Å². The van der Waals surface area contributed by atoms with Crippen molar-refractivity contribution in [3.05, 3.63) is 35.7 Å². The monoisotopic (exact) mass is 231 g/mol. The van der Waals surface area contributed by atoms with Gasteiger partial charge in [0.2, 0.25) is 0 Å². The molecule has 0 bridgehead atoms. The SMILES string of the molecule is CNC(=O)c1nc2ccccc2nc1C(=O)O. The number of amides is 1. The third kappa shape index (κ3) is 1.92. The summed E-state index contributed by atoms with van der Waals surface area (Å²) in [5, 5.41) is 11.3. The van der Waals surface area contributed by atoms with Gasteiger partial charge in [0, 0.05) is 7.05 Å². The number of carboxylic acid groups (broad SMARTS) is 1. The maximum atomic E-state index is 11.5. The lowest BCUT2D eigenvalue weighted by Crippen LogP contribution is -2.23. The van der Waals surface area contributed by atoms with Crippen molar-refractivity contribution >= 4 is 22.9 Å². The average Bonchev–Trinajstić information content (AvgIpc) is 2.36. The third-order valence-corrected chi connectivity index (χ3v) is 2.22. The number of hydrogen-bond donors (Lipinski definition) is 2. The molecule has 2 rings (SSSR count). The van der Waals surface area contributed by atoms with E-state index in [4.69, 9.17) is 5.11 Å². The molecule has 0 saturated heterocycles. The molecule has 17 heavy (non-hydrogen) atoms. The summed E-state index contributed by atoms with van der Waals surface area (Å²) >= 11 is 0. The van der Waals surface area contributed by atoms with Gasteiger partial charge in [-0.3, -0.25) is 4.79 Å². The zero-order valence-electron chi connectivity index (χ0n) is 8.97. The minimum Gasteiger partial charge on any atom is -0.476 e. The van der Waals surface area contributed by atoms with E-state index in [2.05, 4.69) is 15.3 Å². The number of nitrogens with one attached hydrogen (secondary N) is 1. The normalized spacial score (nSPS) is 10.2. The Bertz CT molecular complexity index is 610. The Morgan fingerprint density at radius 2 is 1.65 bits per heavy atom. The van der Waals surface area contributed by atoms with Crippen LogP contribution in [-0.4, -0.2) is 34.0 Å². The van der Waals surface area contributed by atoms with Crippen LogP contribution < -0.4 is 5.32 Å². The zero-order chi connectivity index (χ0) is 12.4. The molecule has 0 unspecified atom stereocenters. The quantitative estimate of drug-likeness (QED) is 0.793. The lowest BCUT2D eigenvalue weighted by molar-refractivity contribution is 0.0684. The second-order valence-electron chi connectivity index (χ2n) is 3.29. The van der Waals surface area contributed by atoms with Gasteiger partial charge in [0.15, 0.2) is 11.4 Å². The fraction of sp³-hybridized carbons (Fsp3) is 0.0909. The molecule has 6 heteroatoms. The number of rotatable bonds is 2. The molecule has 0 spiro atoms. The number of para-hydroxylation sites is 2. The molecule has 1 heterocycles. The number of aromatic carboxylic acids is 1. The summed E-state index contributed by atoms with van der Waals surface area (Å²) in [4.78, 5) is 30.4. The summed E-state index contributed by atoms with van der Waals surface area (Å²) < 4.78 is 0. The largest absolute Gasteiger partial charge is 0.476 e. The molecule has 1 aromatic carbocycles. The molecular weight excluding hydrogens is 222 g/mol. The van der Waals surface area contributed by atoms with E-state index in [0.29, 0.717) is 11.0 Å². The Morgan fingerprint density at radius 1 is 1.12 bits per heavy atom. The van der Waals surface area contributed by atoms with Crippen molar-refractivity contribution in [3.8, 4) is 0 Å². The summed E-state index contributed by atoms with van der Waals surface area (Å²) in [5.74, 6) is -1.84. The van der Waals surface area contributed by atoms with Crippen molar-refractivity contribution in [3.63, 3.8) is 0 Å². The molecule has 6 nitrogen and oxygen atoms in total.